The van der Waals surface area contributed by atoms with Crippen LogP contribution in [0.5, 0.6) is 28.7 Å². The van der Waals surface area contributed by atoms with Gasteiger partial charge in [-0.15, -0.1) is 0 Å². The van der Waals surface area contributed by atoms with Crippen LogP contribution >= 0.6 is 0 Å². The molecule has 0 amide bonds. The summed E-state index contributed by atoms with van der Waals surface area (Å²) in [4.78, 5) is 13.3. The Balaban J connectivity index is 1.85. The molecule has 182 valence electrons. The van der Waals surface area contributed by atoms with Gasteiger partial charge in [-0.3, -0.25) is 4.79 Å². The second-order valence-corrected chi connectivity index (χ2v) is 7.63. The van der Waals surface area contributed by atoms with Gasteiger partial charge in [-0.2, -0.15) is 0 Å². The SMILES string of the molecule is COc1c(-c2ccc(O)c(O)c2)oc2cc(O)cc(O[C@@H]3O[C@H](CO)[C@@H](O)[C@H](O)[C@H]3O)c2c1=O. The van der Waals surface area contributed by atoms with E-state index in [0.29, 0.717) is 0 Å². The highest BCUT2D eigenvalue weighted by molar-refractivity contribution is 5.88. The molecule has 7 N–H and O–H groups in total. The van der Waals surface area contributed by atoms with Crippen molar-refractivity contribution in [1.82, 2.24) is 0 Å². The van der Waals surface area contributed by atoms with E-state index in [9.17, 15) is 40.5 Å². The summed E-state index contributed by atoms with van der Waals surface area (Å²) in [6.45, 7) is -0.690. The molecular weight excluding hydrogens is 456 g/mol. The quantitative estimate of drug-likeness (QED) is 0.238. The highest BCUT2D eigenvalue weighted by Gasteiger charge is 2.45. The van der Waals surface area contributed by atoms with Crippen molar-refractivity contribution < 1.29 is 54.4 Å². The lowest BCUT2D eigenvalue weighted by atomic mass is 9.99. The second kappa shape index (κ2) is 9.00. The van der Waals surface area contributed by atoms with Crippen LogP contribution in [-0.2, 0) is 4.74 Å². The average molecular weight is 478 g/mol. The molecule has 0 spiro atoms. The molecule has 3 aromatic rings. The predicted molar refractivity (Wildman–Crippen MR) is 114 cm³/mol. The molecule has 1 aliphatic heterocycles. The van der Waals surface area contributed by atoms with Crippen LogP contribution in [-0.4, -0.2) is 80.2 Å². The van der Waals surface area contributed by atoms with Crippen LogP contribution < -0.4 is 14.9 Å². The number of aliphatic hydroxyl groups is 4. The molecule has 4 rings (SSSR count). The maximum absolute atomic E-state index is 13.3. The summed E-state index contributed by atoms with van der Waals surface area (Å²) >= 11 is 0. The first kappa shape index (κ1) is 23.6. The third kappa shape index (κ3) is 3.97. The van der Waals surface area contributed by atoms with Gasteiger partial charge in [-0.25, -0.2) is 0 Å². The van der Waals surface area contributed by atoms with Crippen LogP contribution in [0.2, 0.25) is 0 Å². The molecule has 0 radical (unpaired) electrons. The molecule has 0 bridgehead atoms. The second-order valence-electron chi connectivity index (χ2n) is 7.63. The Bertz CT molecular complexity index is 1270. The molecule has 1 aromatic heterocycles. The van der Waals surface area contributed by atoms with Crippen molar-refractivity contribution in [3.8, 4) is 40.1 Å². The molecule has 2 aromatic carbocycles. The molecular formula is C22H22O12. The van der Waals surface area contributed by atoms with Gasteiger partial charge in [-0.05, 0) is 18.2 Å². The molecule has 0 unspecified atom stereocenters. The number of methoxy groups -OCH3 is 1. The first-order chi connectivity index (χ1) is 16.2. The summed E-state index contributed by atoms with van der Waals surface area (Å²) in [5, 5.41) is 68.9. The van der Waals surface area contributed by atoms with Crippen LogP contribution in [0, 0.1) is 0 Å². The summed E-state index contributed by atoms with van der Waals surface area (Å²) in [6.07, 6.45) is -7.98. The molecule has 1 fully saturated rings. The van der Waals surface area contributed by atoms with E-state index >= 15 is 0 Å². The molecule has 5 atom stereocenters. The minimum Gasteiger partial charge on any atom is -0.508 e. The number of ether oxygens (including phenoxy) is 3. The largest absolute Gasteiger partial charge is 0.508 e. The third-order valence-corrected chi connectivity index (χ3v) is 5.44. The molecule has 12 nitrogen and oxygen atoms in total. The fourth-order valence-electron chi connectivity index (χ4n) is 3.68. The number of hydrogen-bond donors (Lipinski definition) is 7. The Morgan fingerprint density at radius 2 is 1.71 bits per heavy atom. The molecule has 2 heterocycles. The van der Waals surface area contributed by atoms with E-state index in [0.717, 1.165) is 18.2 Å². The Morgan fingerprint density at radius 1 is 0.971 bits per heavy atom. The number of phenolic OH excluding ortho intramolecular Hbond substituents is 3. The van der Waals surface area contributed by atoms with Gasteiger partial charge in [0.25, 0.3) is 0 Å². The van der Waals surface area contributed by atoms with Crippen molar-refractivity contribution in [3.05, 3.63) is 40.6 Å². The minimum absolute atomic E-state index is 0.111. The van der Waals surface area contributed by atoms with E-state index in [1.807, 2.05) is 0 Å². The van der Waals surface area contributed by atoms with Crippen molar-refractivity contribution in [2.24, 2.45) is 0 Å². The zero-order chi connectivity index (χ0) is 24.7. The number of fused-ring (bicyclic) bond motifs is 1. The fraction of sp³-hybridized carbons (Fsp3) is 0.318. The Hall–Kier alpha value is -3.55. The monoisotopic (exact) mass is 478 g/mol. The highest BCUT2D eigenvalue weighted by atomic mass is 16.7. The summed E-state index contributed by atoms with van der Waals surface area (Å²) in [5.74, 6) is -1.95. The lowest BCUT2D eigenvalue weighted by Crippen LogP contribution is -2.60. The summed E-state index contributed by atoms with van der Waals surface area (Å²) in [5.41, 5.74) is -0.718. The van der Waals surface area contributed by atoms with Crippen molar-refractivity contribution in [2.75, 3.05) is 13.7 Å². The van der Waals surface area contributed by atoms with Gasteiger partial charge >= 0.3 is 0 Å². The zero-order valence-corrected chi connectivity index (χ0v) is 17.7. The van der Waals surface area contributed by atoms with Crippen molar-refractivity contribution >= 4 is 11.0 Å². The summed E-state index contributed by atoms with van der Waals surface area (Å²) in [6, 6.07) is 5.88. The molecule has 1 aliphatic rings. The van der Waals surface area contributed by atoms with Gasteiger partial charge in [-0.1, -0.05) is 0 Å². The minimum atomic E-state index is -1.76. The van der Waals surface area contributed by atoms with Crippen molar-refractivity contribution in [2.45, 2.75) is 30.7 Å². The summed E-state index contributed by atoms with van der Waals surface area (Å²) in [7, 11) is 1.21. The topological polar surface area (TPSA) is 200 Å². The van der Waals surface area contributed by atoms with E-state index in [4.69, 9.17) is 18.6 Å². The maximum Gasteiger partial charge on any atom is 0.239 e. The molecule has 12 heteroatoms. The lowest BCUT2D eigenvalue weighted by molar-refractivity contribution is -0.277. The Kier molecular flexibility index (Phi) is 6.25. The van der Waals surface area contributed by atoms with Crippen LogP contribution in [0.4, 0.5) is 0 Å². The number of aliphatic hydroxyl groups excluding tert-OH is 4. The first-order valence-corrected chi connectivity index (χ1v) is 10.0. The third-order valence-electron chi connectivity index (χ3n) is 5.44. The zero-order valence-electron chi connectivity index (χ0n) is 17.7. The first-order valence-electron chi connectivity index (χ1n) is 10.0. The van der Waals surface area contributed by atoms with Crippen molar-refractivity contribution in [1.29, 1.82) is 0 Å². The predicted octanol–water partition coefficient (Wildman–Crippen LogP) is -0.236. The van der Waals surface area contributed by atoms with Crippen LogP contribution in [0.1, 0.15) is 0 Å². The Labute approximate surface area is 191 Å². The highest BCUT2D eigenvalue weighted by Crippen LogP contribution is 2.39. The smallest absolute Gasteiger partial charge is 0.239 e. The van der Waals surface area contributed by atoms with Crippen LogP contribution in [0.25, 0.3) is 22.3 Å². The van der Waals surface area contributed by atoms with E-state index < -0.39 is 54.2 Å². The van der Waals surface area contributed by atoms with E-state index in [1.54, 1.807) is 0 Å². The van der Waals surface area contributed by atoms with E-state index in [2.05, 4.69) is 0 Å². The maximum atomic E-state index is 13.3. The fourth-order valence-corrected chi connectivity index (χ4v) is 3.68. The van der Waals surface area contributed by atoms with Gasteiger partial charge in [0.05, 0.1) is 13.7 Å². The lowest BCUT2D eigenvalue weighted by Gasteiger charge is -2.39. The summed E-state index contributed by atoms with van der Waals surface area (Å²) < 4.78 is 21.9. The van der Waals surface area contributed by atoms with Gasteiger partial charge in [0.1, 0.15) is 46.9 Å². The number of phenols is 3. The van der Waals surface area contributed by atoms with Gasteiger partial charge < -0.3 is 54.4 Å². The normalized spacial score (nSPS) is 24.8. The van der Waals surface area contributed by atoms with Gasteiger partial charge in [0.15, 0.2) is 17.3 Å². The molecule has 0 saturated carbocycles. The average Bonchev–Trinajstić information content (AvgIpc) is 2.80. The van der Waals surface area contributed by atoms with Crippen LogP contribution in [0.3, 0.4) is 0 Å². The van der Waals surface area contributed by atoms with Crippen LogP contribution in [0.15, 0.2) is 39.5 Å². The number of aromatic hydroxyl groups is 3. The van der Waals surface area contributed by atoms with Gasteiger partial charge in [0.2, 0.25) is 17.5 Å². The number of rotatable bonds is 5. The molecule has 1 saturated heterocycles. The molecule has 0 aliphatic carbocycles. The van der Waals surface area contributed by atoms with Crippen molar-refractivity contribution in [3.63, 3.8) is 0 Å². The number of benzene rings is 2. The van der Waals surface area contributed by atoms with Gasteiger partial charge in [0, 0.05) is 17.7 Å². The standard InChI is InChI=1S/C22H22O12/c1-31-21-17(28)15-12(32-20(21)8-2-3-10(25)11(26)4-8)5-9(24)6-13(15)33-22-19(30)18(29)16(27)14(7-23)34-22/h2-6,14,16,18-19,22-27,29-30H,7H2,1H3/t14-,16-,18+,19-,22-/m1/s1. The molecule has 34 heavy (non-hydrogen) atoms. The van der Waals surface area contributed by atoms with E-state index in [-0.39, 0.29) is 39.5 Å². The van der Waals surface area contributed by atoms with E-state index in [1.165, 1.54) is 19.2 Å². The number of hydrogen-bond acceptors (Lipinski definition) is 12. The Morgan fingerprint density at radius 3 is 2.35 bits per heavy atom.